The van der Waals surface area contributed by atoms with E-state index in [4.69, 9.17) is 0 Å². The Morgan fingerprint density at radius 3 is 1.69 bits per heavy atom. The third-order valence-corrected chi connectivity index (χ3v) is 2.22. The molecule has 0 radical (unpaired) electrons. The van der Waals surface area contributed by atoms with Crippen LogP contribution in [-0.4, -0.2) is 11.6 Å². The van der Waals surface area contributed by atoms with E-state index >= 15 is 0 Å². The number of hydrogen-bond donors (Lipinski definition) is 0. The number of ketones is 2. The zero-order valence-corrected chi connectivity index (χ0v) is 8.93. The zero-order valence-electron chi connectivity index (χ0n) is 8.93. The average Bonchev–Trinajstić information content (AvgIpc) is 2.06. The Kier molecular flexibility index (Phi) is 6.47. The number of rotatable bonds is 1. The molecule has 0 aromatic heterocycles. The summed E-state index contributed by atoms with van der Waals surface area (Å²) >= 11 is 0. The monoisotopic (exact) mass is 184 g/mol. The van der Waals surface area contributed by atoms with Gasteiger partial charge in [-0.3, -0.25) is 9.59 Å². The van der Waals surface area contributed by atoms with Crippen LogP contribution in [0.5, 0.6) is 0 Å². The van der Waals surface area contributed by atoms with Gasteiger partial charge in [0, 0.05) is 18.8 Å². The van der Waals surface area contributed by atoms with Crippen LogP contribution in [0.4, 0.5) is 0 Å². The molecule has 1 rings (SSSR count). The molecule has 0 aromatic carbocycles. The van der Waals surface area contributed by atoms with Gasteiger partial charge in [-0.25, -0.2) is 0 Å². The third kappa shape index (κ3) is 7.69. The van der Waals surface area contributed by atoms with Crippen LogP contribution >= 0.6 is 0 Å². The largest absolute Gasteiger partial charge is 0.300 e. The lowest BCUT2D eigenvalue weighted by atomic mass is 10.00. The molecule has 1 fully saturated rings. The molecule has 0 N–H and O–H groups in total. The predicted molar refractivity (Wildman–Crippen MR) is 53.6 cm³/mol. The maximum absolute atomic E-state index is 10.5. The van der Waals surface area contributed by atoms with Crippen molar-refractivity contribution in [2.24, 2.45) is 5.92 Å². The lowest BCUT2D eigenvalue weighted by molar-refractivity contribution is -0.120. The van der Waals surface area contributed by atoms with Crippen molar-refractivity contribution in [3.63, 3.8) is 0 Å². The SMILES string of the molecule is CC(=O)C(C)C.O=C1CCCCC1. The van der Waals surface area contributed by atoms with E-state index in [-0.39, 0.29) is 11.7 Å². The maximum atomic E-state index is 10.5. The molecule has 1 aliphatic carbocycles. The van der Waals surface area contributed by atoms with E-state index in [0.29, 0.717) is 5.78 Å². The number of carbonyl (C=O) groups is 2. The smallest absolute Gasteiger partial charge is 0.132 e. The fraction of sp³-hybridized carbons (Fsp3) is 0.818. The standard InChI is InChI=1S/C6H10O.C5H10O/c7-6-4-2-1-3-5-6;1-4(2)5(3)6/h1-5H2;4H,1-3H3. The highest BCUT2D eigenvalue weighted by Gasteiger charge is 2.05. The highest BCUT2D eigenvalue weighted by molar-refractivity contribution is 5.78. The Balaban J connectivity index is 0.000000226. The van der Waals surface area contributed by atoms with E-state index in [0.717, 1.165) is 25.7 Å². The number of carbonyl (C=O) groups excluding carboxylic acids is 2. The molecule has 0 atom stereocenters. The summed E-state index contributed by atoms with van der Waals surface area (Å²) in [6.07, 6.45) is 5.24. The summed E-state index contributed by atoms with van der Waals surface area (Å²) < 4.78 is 0. The fourth-order valence-corrected chi connectivity index (χ4v) is 0.946. The van der Waals surface area contributed by atoms with Gasteiger partial charge in [0.1, 0.15) is 11.6 Å². The van der Waals surface area contributed by atoms with Crippen molar-refractivity contribution < 1.29 is 9.59 Å². The molecule has 0 aliphatic heterocycles. The minimum atomic E-state index is 0.213. The van der Waals surface area contributed by atoms with Crippen molar-refractivity contribution in [1.29, 1.82) is 0 Å². The van der Waals surface area contributed by atoms with Gasteiger partial charge in [0.15, 0.2) is 0 Å². The van der Waals surface area contributed by atoms with E-state index in [9.17, 15) is 9.59 Å². The summed E-state index contributed by atoms with van der Waals surface area (Å²) in [5.74, 6) is 0.936. The van der Waals surface area contributed by atoms with Crippen LogP contribution in [0.3, 0.4) is 0 Å². The van der Waals surface area contributed by atoms with E-state index < -0.39 is 0 Å². The molecule has 0 saturated heterocycles. The Morgan fingerprint density at radius 2 is 1.54 bits per heavy atom. The minimum Gasteiger partial charge on any atom is -0.300 e. The van der Waals surface area contributed by atoms with Crippen molar-refractivity contribution >= 4 is 11.6 Å². The lowest BCUT2D eigenvalue weighted by Crippen LogP contribution is -2.02. The van der Waals surface area contributed by atoms with Gasteiger partial charge in [-0.2, -0.15) is 0 Å². The molecular formula is C11H20O2. The number of hydrogen-bond acceptors (Lipinski definition) is 2. The molecule has 0 heterocycles. The second-order valence-corrected chi connectivity index (χ2v) is 3.86. The normalized spacial score (nSPS) is 16.5. The molecule has 2 nitrogen and oxygen atoms in total. The first-order valence-electron chi connectivity index (χ1n) is 5.06. The summed E-state index contributed by atoms with van der Waals surface area (Å²) in [5, 5.41) is 0. The van der Waals surface area contributed by atoms with Crippen LogP contribution in [0.15, 0.2) is 0 Å². The van der Waals surface area contributed by atoms with Crippen LogP contribution in [0.25, 0.3) is 0 Å². The first-order valence-corrected chi connectivity index (χ1v) is 5.06. The topological polar surface area (TPSA) is 34.1 Å². The second-order valence-electron chi connectivity index (χ2n) is 3.86. The van der Waals surface area contributed by atoms with Crippen LogP contribution in [0, 0.1) is 5.92 Å². The first kappa shape index (κ1) is 12.3. The molecule has 0 spiro atoms. The van der Waals surface area contributed by atoms with Crippen LogP contribution < -0.4 is 0 Å². The van der Waals surface area contributed by atoms with E-state index in [2.05, 4.69) is 0 Å². The van der Waals surface area contributed by atoms with Crippen LogP contribution in [0.1, 0.15) is 52.9 Å². The predicted octanol–water partition coefficient (Wildman–Crippen LogP) is 2.75. The van der Waals surface area contributed by atoms with Crippen LogP contribution in [0.2, 0.25) is 0 Å². The maximum Gasteiger partial charge on any atom is 0.132 e. The Hall–Kier alpha value is -0.660. The summed E-state index contributed by atoms with van der Waals surface area (Å²) in [4.78, 5) is 20.6. The summed E-state index contributed by atoms with van der Waals surface area (Å²) in [6, 6.07) is 0. The number of Topliss-reactive ketones (excluding diaryl/α,β-unsaturated/α-hetero) is 2. The van der Waals surface area contributed by atoms with Gasteiger partial charge < -0.3 is 0 Å². The van der Waals surface area contributed by atoms with Crippen LogP contribution in [-0.2, 0) is 9.59 Å². The van der Waals surface area contributed by atoms with Crippen molar-refractivity contribution in [2.45, 2.75) is 52.9 Å². The molecular weight excluding hydrogens is 164 g/mol. The Bertz CT molecular complexity index is 163. The van der Waals surface area contributed by atoms with Gasteiger partial charge in [-0.15, -0.1) is 0 Å². The van der Waals surface area contributed by atoms with Crippen molar-refractivity contribution in [2.75, 3.05) is 0 Å². The molecule has 2 heteroatoms. The Morgan fingerprint density at radius 1 is 1.15 bits per heavy atom. The van der Waals surface area contributed by atoms with Gasteiger partial charge in [-0.05, 0) is 19.8 Å². The molecule has 0 unspecified atom stereocenters. The summed E-state index contributed by atoms with van der Waals surface area (Å²) in [6.45, 7) is 5.38. The van der Waals surface area contributed by atoms with Crippen molar-refractivity contribution in [3.8, 4) is 0 Å². The first-order chi connectivity index (χ1) is 6.04. The zero-order chi connectivity index (χ0) is 10.3. The molecule has 1 saturated carbocycles. The Labute approximate surface area is 80.7 Å². The minimum absolute atomic E-state index is 0.213. The average molecular weight is 184 g/mol. The van der Waals surface area contributed by atoms with E-state index in [1.54, 1.807) is 6.92 Å². The second kappa shape index (κ2) is 6.81. The van der Waals surface area contributed by atoms with Gasteiger partial charge in [-0.1, -0.05) is 20.3 Å². The molecule has 0 bridgehead atoms. The highest BCUT2D eigenvalue weighted by Crippen LogP contribution is 2.12. The quantitative estimate of drug-likeness (QED) is 0.628. The summed E-state index contributed by atoms with van der Waals surface area (Å²) in [5.41, 5.74) is 0. The molecule has 1 aliphatic rings. The lowest BCUT2D eigenvalue weighted by Gasteiger charge is -2.05. The fourth-order valence-electron chi connectivity index (χ4n) is 0.946. The third-order valence-electron chi connectivity index (χ3n) is 2.22. The van der Waals surface area contributed by atoms with E-state index in [1.165, 1.54) is 6.42 Å². The van der Waals surface area contributed by atoms with E-state index in [1.807, 2.05) is 13.8 Å². The summed E-state index contributed by atoms with van der Waals surface area (Å²) in [7, 11) is 0. The molecule has 0 aromatic rings. The van der Waals surface area contributed by atoms with Gasteiger partial charge in [0.05, 0.1) is 0 Å². The van der Waals surface area contributed by atoms with Gasteiger partial charge in [0.25, 0.3) is 0 Å². The van der Waals surface area contributed by atoms with Gasteiger partial charge >= 0.3 is 0 Å². The van der Waals surface area contributed by atoms with Crippen molar-refractivity contribution in [1.82, 2.24) is 0 Å². The highest BCUT2D eigenvalue weighted by atomic mass is 16.1. The van der Waals surface area contributed by atoms with Crippen molar-refractivity contribution in [3.05, 3.63) is 0 Å². The molecule has 0 amide bonds. The molecule has 13 heavy (non-hydrogen) atoms. The molecule has 76 valence electrons. The van der Waals surface area contributed by atoms with Gasteiger partial charge in [0.2, 0.25) is 0 Å².